The number of aromatic amines is 1. The van der Waals surface area contributed by atoms with Gasteiger partial charge in [-0.2, -0.15) is 0 Å². The number of carbonyl (C=O) groups is 2. The van der Waals surface area contributed by atoms with Crippen molar-refractivity contribution in [1.82, 2.24) is 20.6 Å². The predicted molar refractivity (Wildman–Crippen MR) is 208 cm³/mol. The van der Waals surface area contributed by atoms with Gasteiger partial charge in [0.05, 0.1) is 11.9 Å². The number of nitrogens with zero attached hydrogens (tertiary/aromatic N) is 1. The minimum absolute atomic E-state index is 0.129. The van der Waals surface area contributed by atoms with Gasteiger partial charge in [0.25, 0.3) is 0 Å². The molecule has 4 fully saturated rings. The van der Waals surface area contributed by atoms with Gasteiger partial charge in [0.2, 0.25) is 5.91 Å². The third-order valence-corrected chi connectivity index (χ3v) is 15.0. The van der Waals surface area contributed by atoms with E-state index in [1.54, 1.807) is 37.5 Å². The number of ether oxygens (including phenoxy) is 1. The molecule has 0 bridgehead atoms. The summed E-state index contributed by atoms with van der Waals surface area (Å²) in [7, 11) is 0. The van der Waals surface area contributed by atoms with Crippen LogP contribution in [0.2, 0.25) is 0 Å². The first kappa shape index (κ1) is 39.8. The van der Waals surface area contributed by atoms with Crippen molar-refractivity contribution in [2.45, 2.75) is 155 Å². The van der Waals surface area contributed by atoms with E-state index in [0.717, 1.165) is 61.2 Å². The smallest absolute Gasteiger partial charge is 0.329 e. The van der Waals surface area contributed by atoms with Gasteiger partial charge < -0.3 is 30.6 Å². The van der Waals surface area contributed by atoms with Gasteiger partial charge in [-0.1, -0.05) is 72.9 Å². The van der Waals surface area contributed by atoms with Crippen LogP contribution in [0.4, 0.5) is 0 Å². The van der Waals surface area contributed by atoms with Gasteiger partial charge in [-0.25, -0.2) is 9.78 Å². The lowest BCUT2D eigenvalue weighted by atomic mass is 9.42. The third-order valence-electron chi connectivity index (χ3n) is 15.0. The van der Waals surface area contributed by atoms with Gasteiger partial charge >= 0.3 is 5.97 Å². The van der Waals surface area contributed by atoms with E-state index in [2.05, 4.69) is 55.2 Å². The Labute approximate surface area is 318 Å². The molecule has 1 aromatic carbocycles. The zero-order valence-corrected chi connectivity index (χ0v) is 33.3. The topological polar surface area (TPSA) is 137 Å². The Bertz CT molecular complexity index is 1510. The molecule has 4 aliphatic rings. The highest BCUT2D eigenvalue weighted by Crippen LogP contribution is 2.69. The fraction of sp³-hybridized carbons (Fsp3) is 0.750. The lowest BCUT2D eigenvalue weighted by molar-refractivity contribution is -0.237. The highest BCUT2D eigenvalue weighted by Gasteiger charge is 2.68. The first-order chi connectivity index (χ1) is 25.3. The summed E-state index contributed by atoms with van der Waals surface area (Å²) in [6.07, 6.45) is 16.2. The molecule has 4 aliphatic carbocycles. The van der Waals surface area contributed by atoms with Crippen molar-refractivity contribution in [2.24, 2.45) is 46.3 Å². The third kappa shape index (κ3) is 8.22. The number of phenolic OH excluding ortho intramolecular Hbond substituents is 1. The summed E-state index contributed by atoms with van der Waals surface area (Å²) in [5.74, 6) is 3.36. The van der Waals surface area contributed by atoms with Crippen LogP contribution in [0.15, 0.2) is 36.8 Å². The Balaban J connectivity index is 1.21. The number of benzene rings is 1. The minimum atomic E-state index is -1.06. The number of aliphatic hydroxyl groups is 1. The lowest BCUT2D eigenvalue weighted by Gasteiger charge is -2.66. The van der Waals surface area contributed by atoms with E-state index in [0.29, 0.717) is 36.0 Å². The SMILES string of the molecule is CCC(=O)NC(Cc1ccc(O)cc1)C(=O)O[C@H]1CC[C@]2(C)C3CC[C@@]4(C)C(CC[C@@H]4C(C)CCCC(C)C)C3C[C@@H](NCCc3cnc[nH]3)[C@@]2(O)C1. The number of H-pyrrole nitrogens is 1. The zero-order chi connectivity index (χ0) is 38.0. The van der Waals surface area contributed by atoms with Crippen LogP contribution in [0, 0.1) is 46.3 Å². The normalized spacial score (nSPS) is 34.8. The number of phenols is 1. The van der Waals surface area contributed by atoms with Crippen LogP contribution in [-0.2, 0) is 27.2 Å². The summed E-state index contributed by atoms with van der Waals surface area (Å²) >= 11 is 0. The average molecular weight is 733 g/mol. The maximum atomic E-state index is 13.8. The molecule has 9 nitrogen and oxygen atoms in total. The van der Waals surface area contributed by atoms with Crippen molar-refractivity contribution < 1.29 is 24.5 Å². The molecule has 0 aliphatic heterocycles. The number of hydrogen-bond acceptors (Lipinski definition) is 7. The number of hydrogen-bond donors (Lipinski definition) is 5. The molecular weight excluding hydrogens is 665 g/mol. The first-order valence-electron chi connectivity index (χ1n) is 21.0. The van der Waals surface area contributed by atoms with Gasteiger partial charge in [0, 0.05) is 55.6 Å². The summed E-state index contributed by atoms with van der Waals surface area (Å²) in [5, 5.41) is 29.7. The van der Waals surface area contributed by atoms with Crippen molar-refractivity contribution in [3.63, 3.8) is 0 Å². The van der Waals surface area contributed by atoms with E-state index < -0.39 is 23.7 Å². The second-order valence-electron chi connectivity index (χ2n) is 18.5. The van der Waals surface area contributed by atoms with Gasteiger partial charge in [0.15, 0.2) is 0 Å². The largest absolute Gasteiger partial charge is 0.508 e. The Kier molecular flexibility index (Phi) is 12.3. The summed E-state index contributed by atoms with van der Waals surface area (Å²) in [5.41, 5.74) is 0.863. The molecule has 4 saturated carbocycles. The number of rotatable bonds is 15. The molecule has 1 amide bonds. The zero-order valence-electron chi connectivity index (χ0n) is 33.3. The average Bonchev–Trinajstić information content (AvgIpc) is 3.77. The first-order valence-corrected chi connectivity index (χ1v) is 21.0. The van der Waals surface area contributed by atoms with Crippen molar-refractivity contribution in [1.29, 1.82) is 0 Å². The van der Waals surface area contributed by atoms with Crippen LogP contribution in [-0.4, -0.2) is 62.4 Å². The summed E-state index contributed by atoms with van der Waals surface area (Å²) in [4.78, 5) is 33.8. The summed E-state index contributed by atoms with van der Waals surface area (Å²) in [6.45, 7) is 14.7. The molecule has 6 rings (SSSR count). The predicted octanol–water partition coefficient (Wildman–Crippen LogP) is 7.51. The van der Waals surface area contributed by atoms with E-state index in [-0.39, 0.29) is 36.0 Å². The van der Waals surface area contributed by atoms with Crippen LogP contribution in [0.5, 0.6) is 5.75 Å². The molecule has 9 heteroatoms. The van der Waals surface area contributed by atoms with E-state index in [9.17, 15) is 19.8 Å². The van der Waals surface area contributed by atoms with Gasteiger partial charge in [-0.3, -0.25) is 4.79 Å². The molecule has 2 aromatic rings. The second-order valence-corrected chi connectivity index (χ2v) is 18.5. The molecule has 0 saturated heterocycles. The van der Waals surface area contributed by atoms with Crippen molar-refractivity contribution in [3.8, 4) is 5.75 Å². The van der Waals surface area contributed by atoms with Crippen molar-refractivity contribution >= 4 is 11.9 Å². The standard InChI is InChI=1S/C44H68N4O5/c1-7-40(50)48-38(23-30-11-13-32(49)14-12-30)41(51)53-33-17-21-43(6)37-18-20-42(5)35(29(4)10-8-9-28(2)3)15-16-36(42)34(37)24-39(44(43,52)25-33)46-22-19-31-26-45-27-47-31/h11-14,26-29,33-39,46,49,52H,7-10,15-25H2,1-6H3,(H,45,47)(H,48,50)/t29?,33-,34?,35+,36?,37?,38?,39+,42+,43+,44-/m0/s1. The molecule has 0 spiro atoms. The number of aromatic nitrogens is 2. The highest BCUT2D eigenvalue weighted by atomic mass is 16.5. The molecule has 53 heavy (non-hydrogen) atoms. The van der Waals surface area contributed by atoms with Crippen molar-refractivity contribution in [3.05, 3.63) is 48.0 Å². The number of aromatic hydroxyl groups is 1. The van der Waals surface area contributed by atoms with E-state index >= 15 is 0 Å². The number of esters is 1. The fourth-order valence-corrected chi connectivity index (χ4v) is 12.1. The second kappa shape index (κ2) is 16.4. The molecule has 1 heterocycles. The van der Waals surface area contributed by atoms with Gasteiger partial charge in [-0.05, 0) is 104 Å². The van der Waals surface area contributed by atoms with Crippen LogP contribution >= 0.6 is 0 Å². The number of imidazole rings is 1. The Morgan fingerprint density at radius 2 is 1.81 bits per heavy atom. The highest BCUT2D eigenvalue weighted by molar-refractivity contribution is 5.84. The maximum Gasteiger partial charge on any atom is 0.329 e. The van der Waals surface area contributed by atoms with Crippen LogP contribution in [0.25, 0.3) is 0 Å². The quantitative estimate of drug-likeness (QED) is 0.120. The fourth-order valence-electron chi connectivity index (χ4n) is 12.1. The monoisotopic (exact) mass is 733 g/mol. The van der Waals surface area contributed by atoms with Crippen molar-refractivity contribution in [2.75, 3.05) is 6.54 Å². The molecule has 11 atom stereocenters. The van der Waals surface area contributed by atoms with E-state index in [1.807, 2.05) is 6.20 Å². The lowest BCUT2D eigenvalue weighted by Crippen LogP contribution is -2.71. The molecule has 0 radical (unpaired) electrons. The number of nitrogens with one attached hydrogen (secondary N) is 3. The number of amides is 1. The Hall–Kier alpha value is -2.91. The molecule has 5 unspecified atom stereocenters. The summed E-state index contributed by atoms with van der Waals surface area (Å²) < 4.78 is 6.27. The van der Waals surface area contributed by atoms with Crippen LogP contribution in [0.1, 0.15) is 130 Å². The Morgan fingerprint density at radius 1 is 1.04 bits per heavy atom. The number of carbonyl (C=O) groups excluding carboxylic acids is 2. The molecule has 294 valence electrons. The van der Waals surface area contributed by atoms with Gasteiger partial charge in [0.1, 0.15) is 17.9 Å². The van der Waals surface area contributed by atoms with E-state index in [4.69, 9.17) is 4.74 Å². The molecule has 5 N–H and O–H groups in total. The number of fused-ring (bicyclic) bond motifs is 5. The molecule has 1 aromatic heterocycles. The van der Waals surface area contributed by atoms with E-state index in [1.165, 1.54) is 38.5 Å². The Morgan fingerprint density at radius 3 is 2.51 bits per heavy atom. The molecular formula is C44H68N4O5. The minimum Gasteiger partial charge on any atom is -0.508 e. The van der Waals surface area contributed by atoms with Crippen LogP contribution in [0.3, 0.4) is 0 Å². The summed E-state index contributed by atoms with van der Waals surface area (Å²) in [6, 6.07) is 5.70. The maximum absolute atomic E-state index is 13.8. The van der Waals surface area contributed by atoms with Gasteiger partial charge in [-0.15, -0.1) is 0 Å². The van der Waals surface area contributed by atoms with Crippen LogP contribution < -0.4 is 10.6 Å².